The van der Waals surface area contributed by atoms with Crippen molar-refractivity contribution in [1.29, 1.82) is 0 Å². The fourth-order valence-electron chi connectivity index (χ4n) is 3.03. The lowest BCUT2D eigenvalue weighted by Gasteiger charge is -2.28. The number of nitrogen functional groups attached to an aromatic ring is 1. The average Bonchev–Trinajstić information content (AvgIpc) is 2.89. The third kappa shape index (κ3) is 2.13. The normalized spacial score (nSPS) is 19.1. The third-order valence-corrected chi connectivity index (χ3v) is 4.06. The van der Waals surface area contributed by atoms with E-state index in [-0.39, 0.29) is 5.56 Å². The highest BCUT2D eigenvalue weighted by molar-refractivity contribution is 5.81. The number of nitrogens with zero attached hydrogens (tertiary/aromatic N) is 2. The van der Waals surface area contributed by atoms with Crippen LogP contribution in [0.15, 0.2) is 23.0 Å². The van der Waals surface area contributed by atoms with Crippen molar-refractivity contribution in [3.8, 4) is 0 Å². The first-order valence-corrected chi connectivity index (χ1v) is 7.12. The average molecular weight is 272 g/mol. The molecule has 106 valence electrons. The van der Waals surface area contributed by atoms with Gasteiger partial charge >= 0.3 is 0 Å². The second-order valence-electron chi connectivity index (χ2n) is 5.81. The fraction of sp³-hybridized carbons (Fsp3) is 0.467. The van der Waals surface area contributed by atoms with E-state index < -0.39 is 0 Å². The Labute approximate surface area is 117 Å². The second-order valence-corrected chi connectivity index (χ2v) is 5.81. The molecule has 5 nitrogen and oxygen atoms in total. The molecule has 0 aliphatic carbocycles. The van der Waals surface area contributed by atoms with Gasteiger partial charge in [0.2, 0.25) is 5.95 Å². The van der Waals surface area contributed by atoms with Gasteiger partial charge in [0.15, 0.2) is 0 Å². The van der Waals surface area contributed by atoms with Crippen LogP contribution in [0, 0.1) is 5.92 Å². The van der Waals surface area contributed by atoms with E-state index >= 15 is 0 Å². The van der Waals surface area contributed by atoms with Crippen molar-refractivity contribution in [2.75, 3.05) is 17.2 Å². The molecule has 1 aliphatic rings. The minimum absolute atomic E-state index is 0.119. The van der Waals surface area contributed by atoms with E-state index in [0.29, 0.717) is 34.5 Å². The van der Waals surface area contributed by atoms with Crippen molar-refractivity contribution >= 4 is 22.5 Å². The molecule has 2 heterocycles. The van der Waals surface area contributed by atoms with Crippen LogP contribution in [0.2, 0.25) is 0 Å². The van der Waals surface area contributed by atoms with Crippen LogP contribution in [0.4, 0.5) is 11.6 Å². The predicted molar refractivity (Wildman–Crippen MR) is 82.0 cm³/mol. The number of hydrogen-bond acceptors (Lipinski definition) is 4. The van der Waals surface area contributed by atoms with Gasteiger partial charge < -0.3 is 10.6 Å². The van der Waals surface area contributed by atoms with Gasteiger partial charge in [0.25, 0.3) is 5.56 Å². The highest BCUT2D eigenvalue weighted by atomic mass is 16.1. The van der Waals surface area contributed by atoms with Gasteiger partial charge in [0.05, 0.1) is 10.9 Å². The molecule has 0 spiro atoms. The molecule has 1 saturated heterocycles. The Balaban J connectivity index is 2.09. The molecule has 0 radical (unpaired) electrons. The zero-order valence-corrected chi connectivity index (χ0v) is 11.9. The Morgan fingerprint density at radius 2 is 2.25 bits per heavy atom. The van der Waals surface area contributed by atoms with Crippen LogP contribution in [-0.2, 0) is 0 Å². The summed E-state index contributed by atoms with van der Waals surface area (Å²) >= 11 is 0. The molecule has 1 aliphatic heterocycles. The minimum atomic E-state index is -0.119. The molecule has 0 saturated carbocycles. The molecule has 1 aromatic carbocycles. The van der Waals surface area contributed by atoms with E-state index in [9.17, 15) is 4.79 Å². The van der Waals surface area contributed by atoms with Gasteiger partial charge in [-0.25, -0.2) is 4.98 Å². The van der Waals surface area contributed by atoms with Crippen LogP contribution >= 0.6 is 0 Å². The van der Waals surface area contributed by atoms with Crippen molar-refractivity contribution in [3.63, 3.8) is 0 Å². The van der Waals surface area contributed by atoms with E-state index in [0.717, 1.165) is 19.4 Å². The molecular weight excluding hydrogens is 252 g/mol. The first kappa shape index (κ1) is 13.0. The van der Waals surface area contributed by atoms with E-state index in [1.165, 1.54) is 0 Å². The van der Waals surface area contributed by atoms with E-state index in [2.05, 4.69) is 28.7 Å². The van der Waals surface area contributed by atoms with Crippen molar-refractivity contribution in [2.45, 2.75) is 32.7 Å². The van der Waals surface area contributed by atoms with Gasteiger partial charge in [-0.15, -0.1) is 0 Å². The number of benzene rings is 1. The molecule has 1 fully saturated rings. The number of fused-ring (bicyclic) bond motifs is 1. The molecule has 3 N–H and O–H groups in total. The topological polar surface area (TPSA) is 75.0 Å². The molecule has 1 unspecified atom stereocenters. The number of nitrogens with two attached hydrogens (primary N) is 1. The van der Waals surface area contributed by atoms with E-state index in [1.807, 2.05) is 6.07 Å². The first-order chi connectivity index (χ1) is 9.56. The van der Waals surface area contributed by atoms with Crippen LogP contribution in [0.25, 0.3) is 10.9 Å². The summed E-state index contributed by atoms with van der Waals surface area (Å²) in [6.45, 7) is 5.37. The van der Waals surface area contributed by atoms with Gasteiger partial charge in [-0.2, -0.15) is 0 Å². The highest BCUT2D eigenvalue weighted by Crippen LogP contribution is 2.27. The summed E-state index contributed by atoms with van der Waals surface area (Å²) < 4.78 is 0. The zero-order chi connectivity index (χ0) is 14.3. The summed E-state index contributed by atoms with van der Waals surface area (Å²) in [5, 5.41) is 0.550. The number of H-pyrrole nitrogens is 1. The minimum Gasteiger partial charge on any atom is -0.399 e. The molecule has 1 atom stereocenters. The maximum absolute atomic E-state index is 12.2. The SMILES string of the molecule is CC(C)C1CCCN1c1nc2ccc(N)cc2c(=O)[nH]1. The van der Waals surface area contributed by atoms with Gasteiger partial charge in [0, 0.05) is 18.3 Å². The third-order valence-electron chi connectivity index (χ3n) is 4.06. The van der Waals surface area contributed by atoms with Crippen LogP contribution in [0.1, 0.15) is 26.7 Å². The summed E-state index contributed by atoms with van der Waals surface area (Å²) in [5.41, 5.74) is 6.89. The molecule has 0 amide bonds. The number of aromatic nitrogens is 2. The summed E-state index contributed by atoms with van der Waals surface area (Å²) in [5.74, 6) is 1.23. The molecule has 0 bridgehead atoms. The van der Waals surface area contributed by atoms with Crippen molar-refractivity contribution in [1.82, 2.24) is 9.97 Å². The predicted octanol–water partition coefficient (Wildman–Crippen LogP) is 2.13. The van der Waals surface area contributed by atoms with Crippen LogP contribution in [0.5, 0.6) is 0 Å². The van der Waals surface area contributed by atoms with Gasteiger partial charge in [0.1, 0.15) is 0 Å². The summed E-state index contributed by atoms with van der Waals surface area (Å²) in [6, 6.07) is 5.71. The lowest BCUT2D eigenvalue weighted by molar-refractivity contribution is 0.487. The number of rotatable bonds is 2. The molecule has 5 heteroatoms. The maximum Gasteiger partial charge on any atom is 0.260 e. The van der Waals surface area contributed by atoms with Crippen molar-refractivity contribution in [2.24, 2.45) is 5.92 Å². The quantitative estimate of drug-likeness (QED) is 0.821. The first-order valence-electron chi connectivity index (χ1n) is 7.12. The van der Waals surface area contributed by atoms with Crippen LogP contribution in [-0.4, -0.2) is 22.6 Å². The molecule has 20 heavy (non-hydrogen) atoms. The molecule has 3 rings (SSSR count). The standard InChI is InChI=1S/C15H20N4O/c1-9(2)13-4-3-7-19(13)15-17-12-6-5-10(16)8-11(12)14(20)18-15/h5-6,8-9,13H,3-4,7,16H2,1-2H3,(H,17,18,20). The smallest absolute Gasteiger partial charge is 0.260 e. The number of anilines is 2. The zero-order valence-electron chi connectivity index (χ0n) is 11.9. The molecule has 1 aromatic heterocycles. The Hall–Kier alpha value is -2.04. The van der Waals surface area contributed by atoms with Gasteiger partial charge in [-0.05, 0) is 37.0 Å². The van der Waals surface area contributed by atoms with Gasteiger partial charge in [-0.1, -0.05) is 13.8 Å². The molecule has 2 aromatic rings. The monoisotopic (exact) mass is 272 g/mol. The highest BCUT2D eigenvalue weighted by Gasteiger charge is 2.28. The Bertz CT molecular complexity index is 692. The lowest BCUT2D eigenvalue weighted by Crippen LogP contribution is -2.35. The van der Waals surface area contributed by atoms with Crippen molar-refractivity contribution in [3.05, 3.63) is 28.6 Å². The Morgan fingerprint density at radius 3 is 3.00 bits per heavy atom. The summed E-state index contributed by atoms with van der Waals surface area (Å²) in [6.07, 6.45) is 2.30. The lowest BCUT2D eigenvalue weighted by atomic mass is 10.0. The number of aromatic amines is 1. The molecular formula is C15H20N4O. The van der Waals surface area contributed by atoms with E-state index in [1.54, 1.807) is 12.1 Å². The number of nitrogens with one attached hydrogen (secondary N) is 1. The fourth-order valence-corrected chi connectivity index (χ4v) is 3.03. The van der Waals surface area contributed by atoms with Crippen LogP contribution in [0.3, 0.4) is 0 Å². The number of hydrogen-bond donors (Lipinski definition) is 2. The summed E-state index contributed by atoms with van der Waals surface area (Å²) in [7, 11) is 0. The second kappa shape index (κ2) is 4.81. The largest absolute Gasteiger partial charge is 0.399 e. The Morgan fingerprint density at radius 1 is 1.45 bits per heavy atom. The van der Waals surface area contributed by atoms with Gasteiger partial charge in [-0.3, -0.25) is 9.78 Å². The summed E-state index contributed by atoms with van der Waals surface area (Å²) in [4.78, 5) is 21.9. The van der Waals surface area contributed by atoms with Crippen molar-refractivity contribution < 1.29 is 0 Å². The van der Waals surface area contributed by atoms with Crippen LogP contribution < -0.4 is 16.2 Å². The Kier molecular flexibility index (Phi) is 3.12. The maximum atomic E-state index is 12.2. The van der Waals surface area contributed by atoms with E-state index in [4.69, 9.17) is 5.73 Å².